The first-order valence-electron chi connectivity index (χ1n) is 9.84. The molecule has 0 unspecified atom stereocenters. The lowest BCUT2D eigenvalue weighted by molar-refractivity contribution is 1.13. The molecule has 0 saturated carbocycles. The van der Waals surface area contributed by atoms with Crippen LogP contribution < -0.4 is 0 Å². The zero-order valence-electron chi connectivity index (χ0n) is 16.1. The molecule has 1 heteroatoms. The summed E-state index contributed by atoms with van der Waals surface area (Å²) >= 11 is 0. The van der Waals surface area contributed by atoms with E-state index in [9.17, 15) is 0 Å². The van der Waals surface area contributed by atoms with Gasteiger partial charge < -0.3 is 4.57 Å². The van der Waals surface area contributed by atoms with E-state index in [1.807, 2.05) is 6.08 Å². The minimum atomic E-state index is 1.12. The molecule has 0 fully saturated rings. The van der Waals surface area contributed by atoms with Crippen molar-refractivity contribution in [1.29, 1.82) is 0 Å². The van der Waals surface area contributed by atoms with Gasteiger partial charge in [0, 0.05) is 16.6 Å². The normalized spacial score (nSPS) is 10.9. The van der Waals surface area contributed by atoms with E-state index in [2.05, 4.69) is 120 Å². The number of hydrogen-bond acceptors (Lipinski definition) is 0. The molecular weight excluding hydrogens is 350 g/mol. The van der Waals surface area contributed by atoms with E-state index in [1.165, 1.54) is 33.3 Å². The van der Waals surface area contributed by atoms with Gasteiger partial charge in [-0.1, -0.05) is 97.6 Å². The van der Waals surface area contributed by atoms with Crippen LogP contribution in [0.4, 0.5) is 0 Å². The summed E-state index contributed by atoms with van der Waals surface area (Å²) < 4.78 is 2.37. The lowest BCUT2D eigenvalue weighted by atomic mass is 9.97. The first-order chi connectivity index (χ1) is 14.4. The van der Waals surface area contributed by atoms with Crippen molar-refractivity contribution in [2.45, 2.75) is 0 Å². The van der Waals surface area contributed by atoms with Gasteiger partial charge in [0.05, 0.1) is 11.2 Å². The Bertz CT molecular complexity index is 1280. The quantitative estimate of drug-likeness (QED) is 0.306. The topological polar surface area (TPSA) is 4.93 Å². The summed E-state index contributed by atoms with van der Waals surface area (Å²) in [7, 11) is 0. The molecule has 29 heavy (non-hydrogen) atoms. The van der Waals surface area contributed by atoms with Crippen LogP contribution in [-0.2, 0) is 0 Å². The highest BCUT2D eigenvalue weighted by Gasteiger charge is 2.21. The minimum absolute atomic E-state index is 1.12. The van der Waals surface area contributed by atoms with Crippen molar-refractivity contribution < 1.29 is 0 Å². The monoisotopic (exact) mass is 371 g/mol. The number of para-hydroxylation sites is 1. The smallest absolute Gasteiger partial charge is 0.0619 e. The molecule has 0 amide bonds. The van der Waals surface area contributed by atoms with E-state index in [-0.39, 0.29) is 0 Å². The number of benzene rings is 4. The predicted molar refractivity (Wildman–Crippen MR) is 124 cm³/mol. The molecular formula is C28H21N. The number of fused-ring (bicyclic) bond motifs is 1. The summed E-state index contributed by atoms with van der Waals surface area (Å²) in [5.74, 6) is 0. The Morgan fingerprint density at radius 1 is 0.621 bits per heavy atom. The van der Waals surface area contributed by atoms with Gasteiger partial charge in [0.1, 0.15) is 0 Å². The Balaban J connectivity index is 1.99. The second-order valence-corrected chi connectivity index (χ2v) is 7.11. The number of nitrogens with zero attached hydrogens (tertiary/aromatic N) is 1. The summed E-state index contributed by atoms with van der Waals surface area (Å²) in [6.45, 7) is 3.98. The largest absolute Gasteiger partial charge is 0.309 e. The maximum absolute atomic E-state index is 3.98. The molecule has 0 atom stereocenters. The van der Waals surface area contributed by atoms with E-state index < -0.39 is 0 Å². The third-order valence-electron chi connectivity index (χ3n) is 5.35. The van der Waals surface area contributed by atoms with Crippen LogP contribution >= 0.6 is 0 Å². The van der Waals surface area contributed by atoms with Crippen molar-refractivity contribution in [3.63, 3.8) is 0 Å². The molecule has 1 nitrogen and oxygen atoms in total. The Morgan fingerprint density at radius 2 is 1.21 bits per heavy atom. The van der Waals surface area contributed by atoms with Gasteiger partial charge in [-0.05, 0) is 41.0 Å². The highest BCUT2D eigenvalue weighted by Crippen LogP contribution is 2.42. The maximum atomic E-state index is 3.98. The number of aromatic nitrogens is 1. The van der Waals surface area contributed by atoms with Gasteiger partial charge in [-0.15, -0.1) is 0 Å². The van der Waals surface area contributed by atoms with Gasteiger partial charge in [0.25, 0.3) is 0 Å². The molecule has 4 aromatic carbocycles. The average molecular weight is 371 g/mol. The van der Waals surface area contributed by atoms with Gasteiger partial charge in [-0.25, -0.2) is 0 Å². The van der Waals surface area contributed by atoms with E-state index in [1.54, 1.807) is 0 Å². The SMILES string of the molecule is C=Cc1ccc2c(c1)c(-c1ccccc1)c(-c1ccccc1)n2-c1ccccc1. The second-order valence-electron chi connectivity index (χ2n) is 7.11. The third kappa shape index (κ3) is 2.97. The molecule has 0 radical (unpaired) electrons. The molecule has 138 valence electrons. The zero-order valence-corrected chi connectivity index (χ0v) is 16.1. The van der Waals surface area contributed by atoms with Crippen LogP contribution in [0.1, 0.15) is 5.56 Å². The second kappa shape index (κ2) is 7.29. The van der Waals surface area contributed by atoms with Gasteiger partial charge in [-0.3, -0.25) is 0 Å². The summed E-state index contributed by atoms with van der Waals surface area (Å²) in [5, 5.41) is 1.23. The van der Waals surface area contributed by atoms with Gasteiger partial charge in [0.15, 0.2) is 0 Å². The summed E-state index contributed by atoms with van der Waals surface area (Å²) in [6.07, 6.45) is 1.91. The molecule has 5 rings (SSSR count). The third-order valence-corrected chi connectivity index (χ3v) is 5.35. The molecule has 0 spiro atoms. The molecule has 0 aliphatic heterocycles. The van der Waals surface area contributed by atoms with Crippen LogP contribution in [0.5, 0.6) is 0 Å². The maximum Gasteiger partial charge on any atom is 0.0619 e. The molecule has 0 bridgehead atoms. The molecule has 1 heterocycles. The molecule has 0 saturated heterocycles. The van der Waals surface area contributed by atoms with Crippen molar-refractivity contribution >= 4 is 17.0 Å². The first-order valence-corrected chi connectivity index (χ1v) is 9.84. The zero-order chi connectivity index (χ0) is 19.6. The highest BCUT2D eigenvalue weighted by molar-refractivity contribution is 6.06. The summed E-state index contributed by atoms with van der Waals surface area (Å²) in [4.78, 5) is 0. The summed E-state index contributed by atoms with van der Waals surface area (Å²) in [6, 6.07) is 38.5. The van der Waals surface area contributed by atoms with Crippen molar-refractivity contribution in [2.75, 3.05) is 0 Å². The van der Waals surface area contributed by atoms with E-state index in [4.69, 9.17) is 0 Å². The highest BCUT2D eigenvalue weighted by atomic mass is 15.0. The van der Waals surface area contributed by atoms with Crippen molar-refractivity contribution in [3.05, 3.63) is 121 Å². The Kier molecular flexibility index (Phi) is 4.34. The van der Waals surface area contributed by atoms with Crippen molar-refractivity contribution in [3.8, 4) is 28.1 Å². The van der Waals surface area contributed by atoms with Crippen LogP contribution in [0, 0.1) is 0 Å². The first kappa shape index (κ1) is 17.3. The van der Waals surface area contributed by atoms with Crippen LogP contribution in [-0.4, -0.2) is 4.57 Å². The van der Waals surface area contributed by atoms with Crippen LogP contribution in [0.15, 0.2) is 116 Å². The fourth-order valence-electron chi connectivity index (χ4n) is 4.05. The predicted octanol–water partition coefficient (Wildman–Crippen LogP) is 7.61. The fraction of sp³-hybridized carbons (Fsp3) is 0. The molecule has 1 aromatic heterocycles. The average Bonchev–Trinajstić information content (AvgIpc) is 3.15. The van der Waals surface area contributed by atoms with E-state index in [0.717, 1.165) is 11.3 Å². The van der Waals surface area contributed by atoms with Crippen LogP contribution in [0.2, 0.25) is 0 Å². The molecule has 0 aliphatic rings. The molecule has 0 N–H and O–H groups in total. The lowest BCUT2D eigenvalue weighted by Gasteiger charge is -2.13. The minimum Gasteiger partial charge on any atom is -0.309 e. The number of rotatable bonds is 4. The van der Waals surface area contributed by atoms with Gasteiger partial charge in [-0.2, -0.15) is 0 Å². The van der Waals surface area contributed by atoms with Gasteiger partial charge >= 0.3 is 0 Å². The Labute approximate surface area is 171 Å². The van der Waals surface area contributed by atoms with E-state index in [0.29, 0.717) is 0 Å². The van der Waals surface area contributed by atoms with Crippen LogP contribution in [0.3, 0.4) is 0 Å². The van der Waals surface area contributed by atoms with Crippen molar-refractivity contribution in [2.24, 2.45) is 0 Å². The fourth-order valence-corrected chi connectivity index (χ4v) is 4.05. The Morgan fingerprint density at radius 3 is 1.83 bits per heavy atom. The standard InChI is InChI=1S/C28H21N/c1-2-21-18-19-26-25(20-21)27(22-12-6-3-7-13-22)28(23-14-8-4-9-15-23)29(26)24-16-10-5-11-17-24/h2-20H,1H2. The number of hydrogen-bond donors (Lipinski definition) is 0. The molecule has 5 aromatic rings. The Hall–Kier alpha value is -3.84. The van der Waals surface area contributed by atoms with E-state index >= 15 is 0 Å². The van der Waals surface area contributed by atoms with Crippen LogP contribution in [0.25, 0.3) is 45.1 Å². The summed E-state index contributed by atoms with van der Waals surface area (Å²) in [5.41, 5.74) is 8.35. The van der Waals surface area contributed by atoms with Gasteiger partial charge in [0.2, 0.25) is 0 Å². The molecule has 0 aliphatic carbocycles. The van der Waals surface area contributed by atoms with Crippen molar-refractivity contribution in [1.82, 2.24) is 4.57 Å². The lowest BCUT2D eigenvalue weighted by Crippen LogP contribution is -1.97.